The van der Waals surface area contributed by atoms with E-state index in [1.165, 1.54) is 4.52 Å². The minimum atomic E-state index is -0.381. The van der Waals surface area contributed by atoms with Crippen LogP contribution in [0.4, 0.5) is 0 Å². The molecule has 20 heavy (non-hydrogen) atoms. The summed E-state index contributed by atoms with van der Waals surface area (Å²) in [5.41, 5.74) is 1.01. The summed E-state index contributed by atoms with van der Waals surface area (Å²) in [4.78, 5) is 16.2. The molecule has 3 rings (SSSR count). The number of amides is 1. The van der Waals surface area contributed by atoms with Crippen molar-refractivity contribution in [3.63, 3.8) is 0 Å². The number of pyridine rings is 1. The Morgan fingerprint density at radius 2 is 2.30 bits per heavy atom. The highest BCUT2D eigenvalue weighted by Crippen LogP contribution is 2.11. The van der Waals surface area contributed by atoms with E-state index in [0.29, 0.717) is 22.9 Å². The summed E-state index contributed by atoms with van der Waals surface area (Å²) < 4.78 is 6.43. The van der Waals surface area contributed by atoms with Crippen LogP contribution < -0.4 is 5.32 Å². The Labute approximate surface area is 113 Å². The van der Waals surface area contributed by atoms with Crippen LogP contribution in [0.3, 0.4) is 0 Å². The predicted octanol–water partition coefficient (Wildman–Crippen LogP) is 0.307. The summed E-state index contributed by atoms with van der Waals surface area (Å²) in [6.45, 7) is 3.48. The quantitative estimate of drug-likeness (QED) is 0.730. The molecule has 3 aromatic rings. The molecular weight excluding hydrogens is 262 g/mol. The van der Waals surface area contributed by atoms with E-state index in [9.17, 15) is 4.79 Å². The van der Waals surface area contributed by atoms with Crippen LogP contribution in [0, 0.1) is 6.92 Å². The number of aromatic nitrogens is 6. The molecule has 0 aromatic carbocycles. The first-order chi connectivity index (χ1) is 9.63. The van der Waals surface area contributed by atoms with E-state index < -0.39 is 0 Å². The molecule has 3 aromatic heterocycles. The fourth-order valence-electron chi connectivity index (χ4n) is 1.71. The zero-order valence-corrected chi connectivity index (χ0v) is 10.8. The van der Waals surface area contributed by atoms with Crippen molar-refractivity contribution in [2.24, 2.45) is 0 Å². The third-order valence-electron chi connectivity index (χ3n) is 2.72. The van der Waals surface area contributed by atoms with E-state index in [-0.39, 0.29) is 11.9 Å². The van der Waals surface area contributed by atoms with Crippen molar-refractivity contribution in [3.8, 4) is 0 Å². The molecule has 0 unspecified atom stereocenters. The van der Waals surface area contributed by atoms with Crippen LogP contribution in [0.15, 0.2) is 22.9 Å². The molecule has 1 amide bonds. The maximum atomic E-state index is 12.1. The first-order valence-corrected chi connectivity index (χ1v) is 5.92. The fraction of sp³-hybridized carbons (Fsp3) is 0.273. The second-order valence-electron chi connectivity index (χ2n) is 4.27. The largest absolute Gasteiger partial charge is 0.340 e. The highest BCUT2D eigenvalue weighted by Gasteiger charge is 2.17. The molecule has 0 fully saturated rings. The van der Waals surface area contributed by atoms with Crippen molar-refractivity contribution in [1.29, 1.82) is 0 Å². The van der Waals surface area contributed by atoms with Crippen molar-refractivity contribution in [2.45, 2.75) is 19.9 Å². The first-order valence-electron chi connectivity index (χ1n) is 5.92. The molecule has 0 radical (unpaired) electrons. The maximum absolute atomic E-state index is 12.1. The van der Waals surface area contributed by atoms with Crippen LogP contribution in [-0.4, -0.2) is 36.1 Å². The molecule has 0 spiro atoms. The Balaban J connectivity index is 1.78. The average molecular weight is 273 g/mol. The molecule has 0 aliphatic rings. The molecule has 0 saturated carbocycles. The summed E-state index contributed by atoms with van der Waals surface area (Å²) in [6, 6.07) is 2.93. The van der Waals surface area contributed by atoms with Crippen molar-refractivity contribution in [1.82, 2.24) is 35.5 Å². The molecule has 9 heteroatoms. The van der Waals surface area contributed by atoms with Gasteiger partial charge in [-0.3, -0.25) is 4.79 Å². The lowest BCUT2D eigenvalue weighted by Crippen LogP contribution is -2.27. The van der Waals surface area contributed by atoms with E-state index in [4.69, 9.17) is 4.52 Å². The highest BCUT2D eigenvalue weighted by atomic mass is 16.5. The summed E-state index contributed by atoms with van der Waals surface area (Å²) in [5, 5.41) is 17.5. The van der Waals surface area contributed by atoms with Gasteiger partial charge in [0.2, 0.25) is 5.89 Å². The van der Waals surface area contributed by atoms with Crippen molar-refractivity contribution in [3.05, 3.63) is 35.6 Å². The number of hydrogen-bond acceptors (Lipinski definition) is 7. The van der Waals surface area contributed by atoms with Gasteiger partial charge in [0.05, 0.1) is 5.56 Å². The van der Waals surface area contributed by atoms with Gasteiger partial charge in [0.15, 0.2) is 11.5 Å². The van der Waals surface area contributed by atoms with Gasteiger partial charge in [0.1, 0.15) is 6.04 Å². The van der Waals surface area contributed by atoms with E-state index in [0.717, 1.165) is 0 Å². The van der Waals surface area contributed by atoms with Crippen LogP contribution >= 0.6 is 0 Å². The molecule has 102 valence electrons. The van der Waals surface area contributed by atoms with Crippen LogP contribution in [-0.2, 0) is 0 Å². The zero-order chi connectivity index (χ0) is 14.1. The third-order valence-corrected chi connectivity index (χ3v) is 2.72. The summed E-state index contributed by atoms with van der Waals surface area (Å²) in [6.07, 6.45) is 1.55. The number of hydrogen-bond donors (Lipinski definition) is 1. The van der Waals surface area contributed by atoms with E-state index in [2.05, 4.69) is 31.0 Å². The number of nitrogens with one attached hydrogen (secondary N) is 1. The molecule has 3 heterocycles. The molecule has 0 saturated heterocycles. The van der Waals surface area contributed by atoms with Gasteiger partial charge in [-0.25, -0.2) is 0 Å². The fourth-order valence-corrected chi connectivity index (χ4v) is 1.71. The lowest BCUT2D eigenvalue weighted by atomic mass is 10.2. The Morgan fingerprint density at radius 3 is 3.05 bits per heavy atom. The van der Waals surface area contributed by atoms with Gasteiger partial charge >= 0.3 is 0 Å². The van der Waals surface area contributed by atoms with E-state index >= 15 is 0 Å². The van der Waals surface area contributed by atoms with Gasteiger partial charge in [-0.15, -0.1) is 5.10 Å². The normalized spacial score (nSPS) is 12.5. The summed E-state index contributed by atoms with van der Waals surface area (Å²) in [7, 11) is 0. The molecule has 9 nitrogen and oxygen atoms in total. The van der Waals surface area contributed by atoms with E-state index in [1.54, 1.807) is 32.2 Å². The monoisotopic (exact) mass is 273 g/mol. The molecule has 0 bridgehead atoms. The molecular formula is C11H11N7O2. The Morgan fingerprint density at radius 1 is 1.45 bits per heavy atom. The lowest BCUT2D eigenvalue weighted by Gasteiger charge is -2.09. The van der Waals surface area contributed by atoms with Crippen LogP contribution in [0.2, 0.25) is 0 Å². The smallest absolute Gasteiger partial charge is 0.253 e. The second-order valence-corrected chi connectivity index (χ2v) is 4.27. The Bertz CT molecular complexity index is 763. The molecule has 1 atom stereocenters. The number of tetrazole rings is 1. The van der Waals surface area contributed by atoms with Crippen LogP contribution in [0.25, 0.3) is 5.65 Å². The molecule has 0 aliphatic carbocycles. The molecule has 0 aliphatic heterocycles. The SMILES string of the molecule is Cc1noc([C@@H](C)NC(=O)c2ccc3nnnn3c2)n1. The summed E-state index contributed by atoms with van der Waals surface area (Å²) in [5.74, 6) is 0.612. The first kappa shape index (κ1) is 12.2. The Kier molecular flexibility index (Phi) is 2.86. The number of aryl methyl sites for hydroxylation is 1. The highest BCUT2D eigenvalue weighted by molar-refractivity contribution is 5.94. The number of nitrogens with zero attached hydrogens (tertiary/aromatic N) is 6. The van der Waals surface area contributed by atoms with Gasteiger partial charge in [-0.1, -0.05) is 5.16 Å². The number of carbonyl (C=O) groups excluding carboxylic acids is 1. The number of carbonyl (C=O) groups is 1. The Hall–Kier alpha value is -2.84. The third kappa shape index (κ3) is 2.20. The van der Waals surface area contributed by atoms with Gasteiger partial charge in [-0.05, 0) is 36.4 Å². The number of fused-ring (bicyclic) bond motifs is 1. The van der Waals surface area contributed by atoms with Crippen molar-refractivity contribution in [2.75, 3.05) is 0 Å². The van der Waals surface area contributed by atoms with Gasteiger partial charge in [0.25, 0.3) is 5.91 Å². The minimum Gasteiger partial charge on any atom is -0.340 e. The van der Waals surface area contributed by atoms with Crippen LogP contribution in [0.1, 0.15) is 35.0 Å². The topological polar surface area (TPSA) is 111 Å². The summed E-state index contributed by atoms with van der Waals surface area (Å²) >= 11 is 0. The van der Waals surface area contributed by atoms with Crippen molar-refractivity contribution >= 4 is 11.6 Å². The zero-order valence-electron chi connectivity index (χ0n) is 10.8. The van der Waals surface area contributed by atoms with Gasteiger partial charge < -0.3 is 9.84 Å². The maximum Gasteiger partial charge on any atom is 0.253 e. The van der Waals surface area contributed by atoms with Gasteiger partial charge in [-0.2, -0.15) is 9.50 Å². The number of rotatable bonds is 3. The lowest BCUT2D eigenvalue weighted by molar-refractivity contribution is 0.0932. The standard InChI is InChI=1S/C11H11N7O2/c1-6(11-13-7(2)15-20-11)12-10(19)8-3-4-9-14-16-17-18(9)5-8/h3-6H,1-2H3,(H,12,19)/t6-/m1/s1. The average Bonchev–Trinajstić information content (AvgIpc) is 3.05. The van der Waals surface area contributed by atoms with Crippen molar-refractivity contribution < 1.29 is 9.32 Å². The van der Waals surface area contributed by atoms with E-state index in [1.807, 2.05) is 0 Å². The van der Waals surface area contributed by atoms with Crippen LogP contribution in [0.5, 0.6) is 0 Å². The van der Waals surface area contributed by atoms with Gasteiger partial charge in [0, 0.05) is 6.20 Å². The second kappa shape index (κ2) is 4.68. The molecule has 1 N–H and O–H groups in total. The predicted molar refractivity (Wildman–Crippen MR) is 65.7 cm³/mol. The minimum absolute atomic E-state index is 0.272.